The first-order valence-electron chi connectivity index (χ1n) is 11.8. The number of esters is 2. The molecular formula is C26H32N4O6. The lowest BCUT2D eigenvalue weighted by atomic mass is 10.1. The van der Waals surface area contributed by atoms with Crippen LogP contribution in [0.4, 0.5) is 9.59 Å². The third-order valence-corrected chi connectivity index (χ3v) is 5.99. The Morgan fingerprint density at radius 1 is 0.667 bits per heavy atom. The first-order chi connectivity index (χ1) is 17.4. The van der Waals surface area contributed by atoms with Crippen molar-refractivity contribution >= 4 is 24.0 Å². The molecule has 0 saturated carbocycles. The molecule has 0 radical (unpaired) electrons. The zero-order valence-corrected chi connectivity index (χ0v) is 20.5. The van der Waals surface area contributed by atoms with E-state index >= 15 is 0 Å². The first kappa shape index (κ1) is 26.5. The monoisotopic (exact) mass is 496 g/mol. The van der Waals surface area contributed by atoms with Gasteiger partial charge in [-0.3, -0.25) is 0 Å². The number of nitrogens with zero attached hydrogens (tertiary/aromatic N) is 2. The SMILES string of the molecule is COC(=O)[C@H](Cc1ccccc1)NC(=O)N1CCN(C(=O)N[C@@H](Cc2ccccc2)C(=O)OC)CC1. The van der Waals surface area contributed by atoms with Crippen molar-refractivity contribution in [3.05, 3.63) is 71.8 Å². The molecule has 36 heavy (non-hydrogen) atoms. The minimum absolute atomic E-state index is 0.278. The number of rotatable bonds is 8. The molecular weight excluding hydrogens is 464 g/mol. The van der Waals surface area contributed by atoms with E-state index in [1.54, 1.807) is 9.80 Å². The zero-order chi connectivity index (χ0) is 25.9. The first-order valence-corrected chi connectivity index (χ1v) is 11.8. The molecule has 2 N–H and O–H groups in total. The summed E-state index contributed by atoms with van der Waals surface area (Å²) < 4.78 is 9.72. The summed E-state index contributed by atoms with van der Waals surface area (Å²) in [5.41, 5.74) is 1.79. The molecule has 4 amide bonds. The molecule has 0 aromatic heterocycles. The summed E-state index contributed by atoms with van der Waals surface area (Å²) in [5, 5.41) is 5.49. The standard InChI is InChI=1S/C26H32N4O6/c1-35-23(31)21(17-19-9-5-3-6-10-19)27-25(33)29-13-15-30(16-14-29)26(34)28-22(24(32)36-2)18-20-11-7-4-8-12-20/h3-12,21-22H,13-18H2,1-2H3,(H,27,33)(H,28,34)/t21-,22-/m0/s1. The van der Waals surface area contributed by atoms with Crippen LogP contribution in [-0.4, -0.2) is 86.3 Å². The summed E-state index contributed by atoms with van der Waals surface area (Å²) in [7, 11) is 2.56. The molecule has 2 aromatic carbocycles. The van der Waals surface area contributed by atoms with Gasteiger partial charge in [0.1, 0.15) is 12.1 Å². The van der Waals surface area contributed by atoms with E-state index in [0.717, 1.165) is 11.1 Å². The fourth-order valence-corrected chi connectivity index (χ4v) is 3.96. The smallest absolute Gasteiger partial charge is 0.328 e. The van der Waals surface area contributed by atoms with Gasteiger partial charge in [-0.2, -0.15) is 0 Å². The van der Waals surface area contributed by atoms with Gasteiger partial charge >= 0.3 is 24.0 Å². The van der Waals surface area contributed by atoms with E-state index in [0.29, 0.717) is 12.8 Å². The highest BCUT2D eigenvalue weighted by molar-refractivity contribution is 5.85. The largest absolute Gasteiger partial charge is 0.467 e. The number of piperazine rings is 1. The fraction of sp³-hybridized carbons (Fsp3) is 0.385. The lowest BCUT2D eigenvalue weighted by molar-refractivity contribution is -0.143. The van der Waals surface area contributed by atoms with Crippen molar-refractivity contribution in [2.75, 3.05) is 40.4 Å². The molecule has 0 unspecified atom stereocenters. The van der Waals surface area contributed by atoms with Crippen LogP contribution in [0.5, 0.6) is 0 Å². The van der Waals surface area contributed by atoms with Gasteiger partial charge in [0, 0.05) is 39.0 Å². The van der Waals surface area contributed by atoms with E-state index in [1.807, 2.05) is 60.7 Å². The number of benzene rings is 2. The third kappa shape index (κ3) is 7.46. The number of methoxy groups -OCH3 is 2. The predicted molar refractivity (Wildman–Crippen MR) is 132 cm³/mol. The molecule has 10 heteroatoms. The van der Waals surface area contributed by atoms with Gasteiger partial charge in [0.2, 0.25) is 0 Å². The summed E-state index contributed by atoms with van der Waals surface area (Å²) in [6.45, 7) is 1.11. The summed E-state index contributed by atoms with van der Waals surface area (Å²) in [4.78, 5) is 53.2. The molecule has 1 heterocycles. The highest BCUT2D eigenvalue weighted by Gasteiger charge is 2.30. The number of hydrogen-bond donors (Lipinski definition) is 2. The maximum absolute atomic E-state index is 12.8. The molecule has 10 nitrogen and oxygen atoms in total. The number of carbonyl (C=O) groups is 4. The molecule has 3 rings (SSSR count). The van der Waals surface area contributed by atoms with Gasteiger partial charge in [-0.15, -0.1) is 0 Å². The lowest BCUT2D eigenvalue weighted by Crippen LogP contribution is -2.58. The Kier molecular flexibility index (Phi) is 9.67. The van der Waals surface area contributed by atoms with Crippen LogP contribution in [0.3, 0.4) is 0 Å². The van der Waals surface area contributed by atoms with Crippen LogP contribution in [-0.2, 0) is 31.9 Å². The molecule has 0 aliphatic carbocycles. The Balaban J connectivity index is 1.53. The van der Waals surface area contributed by atoms with Gasteiger partial charge < -0.3 is 29.9 Å². The molecule has 2 aromatic rings. The van der Waals surface area contributed by atoms with Crippen LogP contribution in [0.2, 0.25) is 0 Å². The number of nitrogens with one attached hydrogen (secondary N) is 2. The normalized spacial score (nSPS) is 14.8. The second-order valence-electron chi connectivity index (χ2n) is 8.40. The molecule has 2 atom stereocenters. The maximum Gasteiger partial charge on any atom is 0.328 e. The fourth-order valence-electron chi connectivity index (χ4n) is 3.96. The molecule has 0 bridgehead atoms. The number of urea groups is 2. The van der Waals surface area contributed by atoms with Crippen molar-refractivity contribution in [2.45, 2.75) is 24.9 Å². The van der Waals surface area contributed by atoms with Gasteiger partial charge in [0.05, 0.1) is 14.2 Å². The summed E-state index contributed by atoms with van der Waals surface area (Å²) in [5.74, 6) is -1.06. The Hall–Kier alpha value is -4.08. The average molecular weight is 497 g/mol. The topological polar surface area (TPSA) is 117 Å². The van der Waals surface area contributed by atoms with Crippen LogP contribution in [0.15, 0.2) is 60.7 Å². The van der Waals surface area contributed by atoms with Crippen molar-refractivity contribution in [3.8, 4) is 0 Å². The van der Waals surface area contributed by atoms with Crippen molar-refractivity contribution in [3.63, 3.8) is 0 Å². The number of carbonyl (C=O) groups excluding carboxylic acids is 4. The summed E-state index contributed by atoms with van der Waals surface area (Å²) in [6, 6.07) is 16.2. The number of ether oxygens (including phenoxy) is 2. The molecule has 1 saturated heterocycles. The van der Waals surface area contributed by atoms with Gasteiger partial charge in [-0.1, -0.05) is 60.7 Å². The molecule has 1 aliphatic rings. The van der Waals surface area contributed by atoms with Gasteiger partial charge in [-0.05, 0) is 11.1 Å². The maximum atomic E-state index is 12.8. The quantitative estimate of drug-likeness (QED) is 0.536. The zero-order valence-electron chi connectivity index (χ0n) is 20.5. The summed E-state index contributed by atoms with van der Waals surface area (Å²) >= 11 is 0. The Bertz CT molecular complexity index is 942. The third-order valence-electron chi connectivity index (χ3n) is 5.99. The van der Waals surface area contributed by atoms with Gasteiger partial charge in [0.25, 0.3) is 0 Å². The Morgan fingerprint density at radius 2 is 1.00 bits per heavy atom. The van der Waals surface area contributed by atoms with Crippen LogP contribution in [0, 0.1) is 0 Å². The number of hydrogen-bond acceptors (Lipinski definition) is 6. The Morgan fingerprint density at radius 3 is 1.31 bits per heavy atom. The van der Waals surface area contributed by atoms with E-state index < -0.39 is 36.1 Å². The van der Waals surface area contributed by atoms with Crippen LogP contribution >= 0.6 is 0 Å². The molecule has 192 valence electrons. The van der Waals surface area contributed by atoms with Crippen molar-refractivity contribution < 1.29 is 28.7 Å². The predicted octanol–water partition coefficient (Wildman–Crippen LogP) is 1.59. The van der Waals surface area contributed by atoms with E-state index in [9.17, 15) is 19.2 Å². The van der Waals surface area contributed by atoms with Crippen molar-refractivity contribution in [1.29, 1.82) is 0 Å². The van der Waals surface area contributed by atoms with E-state index in [4.69, 9.17) is 9.47 Å². The van der Waals surface area contributed by atoms with Crippen molar-refractivity contribution in [2.24, 2.45) is 0 Å². The van der Waals surface area contributed by atoms with E-state index in [1.165, 1.54) is 14.2 Å². The second kappa shape index (κ2) is 13.1. The van der Waals surface area contributed by atoms with Crippen LogP contribution in [0.25, 0.3) is 0 Å². The number of amides is 4. The van der Waals surface area contributed by atoms with Gasteiger partial charge in [0.15, 0.2) is 0 Å². The Labute approximate surface area is 210 Å². The van der Waals surface area contributed by atoms with Gasteiger partial charge in [-0.25, -0.2) is 19.2 Å². The minimum atomic E-state index is -0.829. The minimum Gasteiger partial charge on any atom is -0.467 e. The molecule has 1 fully saturated rings. The average Bonchev–Trinajstić information content (AvgIpc) is 2.92. The van der Waals surface area contributed by atoms with Crippen LogP contribution in [0.1, 0.15) is 11.1 Å². The molecule has 0 spiro atoms. The van der Waals surface area contributed by atoms with E-state index in [-0.39, 0.29) is 26.2 Å². The van der Waals surface area contributed by atoms with E-state index in [2.05, 4.69) is 10.6 Å². The summed E-state index contributed by atoms with van der Waals surface area (Å²) in [6.07, 6.45) is 0.607. The highest BCUT2D eigenvalue weighted by Crippen LogP contribution is 2.09. The van der Waals surface area contributed by atoms with Crippen LogP contribution < -0.4 is 10.6 Å². The lowest BCUT2D eigenvalue weighted by Gasteiger charge is -2.35. The highest BCUT2D eigenvalue weighted by atomic mass is 16.5. The second-order valence-corrected chi connectivity index (χ2v) is 8.40. The van der Waals surface area contributed by atoms with Crippen molar-refractivity contribution in [1.82, 2.24) is 20.4 Å². The molecule has 1 aliphatic heterocycles.